The van der Waals surface area contributed by atoms with Gasteiger partial charge in [-0.05, 0) is 24.3 Å². The minimum Gasteiger partial charge on any atom is -0.442 e. The molecule has 1 aromatic carbocycles. The summed E-state index contributed by atoms with van der Waals surface area (Å²) in [4.78, 5) is 31.4. The first kappa shape index (κ1) is 20.9. The summed E-state index contributed by atoms with van der Waals surface area (Å²) in [5.74, 6) is -0.634. The average molecular weight is 408 g/mol. The van der Waals surface area contributed by atoms with Gasteiger partial charge in [0.05, 0.1) is 37.7 Å². The highest BCUT2D eigenvalue weighted by Crippen LogP contribution is 2.29. The summed E-state index contributed by atoms with van der Waals surface area (Å²) >= 11 is 0. The fourth-order valence-corrected chi connectivity index (χ4v) is 3.19. The lowest BCUT2D eigenvalue weighted by Crippen LogP contribution is -2.33. The predicted molar refractivity (Wildman–Crippen MR) is 104 cm³/mol. The van der Waals surface area contributed by atoms with Gasteiger partial charge in [0.1, 0.15) is 11.9 Å². The third-order valence-corrected chi connectivity index (χ3v) is 4.64. The Bertz CT molecular complexity index is 788. The second-order valence-electron chi connectivity index (χ2n) is 6.79. The topological polar surface area (TPSA) is 103 Å². The van der Waals surface area contributed by atoms with Gasteiger partial charge in [-0.25, -0.2) is 9.18 Å². The maximum absolute atomic E-state index is 14.7. The van der Waals surface area contributed by atoms with Gasteiger partial charge < -0.3 is 20.1 Å². The number of nitrogens with one attached hydrogen (secondary N) is 2. The summed E-state index contributed by atoms with van der Waals surface area (Å²) in [7, 11) is 0. The van der Waals surface area contributed by atoms with Gasteiger partial charge in [-0.15, -0.1) is 0 Å². The van der Waals surface area contributed by atoms with Crippen LogP contribution in [-0.2, 0) is 14.4 Å². The summed E-state index contributed by atoms with van der Waals surface area (Å²) < 4.78 is 20.0. The number of aliphatic hydroxyl groups excluding tert-OH is 1. The third kappa shape index (κ3) is 5.36. The van der Waals surface area contributed by atoms with Crippen molar-refractivity contribution in [2.24, 2.45) is 0 Å². The van der Waals surface area contributed by atoms with Gasteiger partial charge in [-0.1, -0.05) is 0 Å². The summed E-state index contributed by atoms with van der Waals surface area (Å²) in [6, 6.07) is 4.65. The van der Waals surface area contributed by atoms with Crippen molar-refractivity contribution in [2.75, 3.05) is 49.2 Å². The van der Waals surface area contributed by atoms with Gasteiger partial charge in [0, 0.05) is 32.1 Å². The maximum Gasteiger partial charge on any atom is 0.414 e. The van der Waals surface area contributed by atoms with Crippen molar-refractivity contribution in [3.05, 3.63) is 35.8 Å². The molecule has 0 saturated carbocycles. The lowest BCUT2D eigenvalue weighted by molar-refractivity contribution is -0.119. The molecule has 0 bridgehead atoms. The number of aliphatic hydroxyl groups is 1. The highest BCUT2D eigenvalue weighted by molar-refractivity contribution is 5.90. The van der Waals surface area contributed by atoms with Crippen LogP contribution >= 0.6 is 0 Å². The van der Waals surface area contributed by atoms with E-state index in [4.69, 9.17) is 14.7 Å². The third-order valence-electron chi connectivity index (χ3n) is 4.64. The molecule has 2 aliphatic heterocycles. The number of benzene rings is 1. The SMILES string of the molecule is CC(=O)NC[C@H]1CN(c2ccc(N3CC=C(NOCCO)CC3)c(F)c2)C(=O)O1. The number of hydroxylamine groups is 1. The average Bonchev–Trinajstić information content (AvgIpc) is 3.08. The normalized spacial score (nSPS) is 19.1. The van der Waals surface area contributed by atoms with Crippen molar-refractivity contribution in [1.82, 2.24) is 10.8 Å². The number of hydrogen-bond donors (Lipinski definition) is 3. The van der Waals surface area contributed by atoms with Crippen molar-refractivity contribution in [2.45, 2.75) is 19.4 Å². The highest BCUT2D eigenvalue weighted by Gasteiger charge is 2.33. The molecular weight excluding hydrogens is 383 g/mol. The zero-order valence-corrected chi connectivity index (χ0v) is 16.2. The Hall–Kier alpha value is -2.85. The van der Waals surface area contributed by atoms with Crippen LogP contribution in [0.3, 0.4) is 0 Å². The molecule has 1 fully saturated rings. The molecule has 1 saturated heterocycles. The van der Waals surface area contributed by atoms with Gasteiger partial charge in [-0.2, -0.15) is 0 Å². The lowest BCUT2D eigenvalue weighted by Gasteiger charge is -2.29. The number of nitrogens with zero attached hydrogens (tertiary/aromatic N) is 2. The molecule has 158 valence electrons. The molecule has 3 N–H and O–H groups in total. The van der Waals surface area contributed by atoms with E-state index in [2.05, 4.69) is 10.8 Å². The monoisotopic (exact) mass is 408 g/mol. The van der Waals surface area contributed by atoms with Crippen molar-refractivity contribution in [3.63, 3.8) is 0 Å². The van der Waals surface area contributed by atoms with E-state index in [-0.39, 0.29) is 32.2 Å². The molecule has 0 radical (unpaired) electrons. The van der Waals surface area contributed by atoms with Crippen molar-refractivity contribution in [1.29, 1.82) is 0 Å². The standard InChI is InChI=1S/C19H25FN4O5/c1-13(26)21-11-16-12-24(19(27)29-16)15-2-3-18(17(20)10-15)23-6-4-14(5-7-23)22-28-9-8-25/h2-4,10,16,22,25H,5-9,11-12H2,1H3,(H,21,26)/t16-/m0/s1. The van der Waals surface area contributed by atoms with Crippen LogP contribution in [0.4, 0.5) is 20.6 Å². The second kappa shape index (κ2) is 9.57. The first-order valence-electron chi connectivity index (χ1n) is 9.42. The van der Waals surface area contributed by atoms with E-state index in [0.717, 1.165) is 5.70 Å². The molecule has 2 amide bonds. The second-order valence-corrected chi connectivity index (χ2v) is 6.79. The first-order valence-corrected chi connectivity index (χ1v) is 9.42. The van der Waals surface area contributed by atoms with Crippen LogP contribution < -0.4 is 20.6 Å². The van der Waals surface area contributed by atoms with E-state index in [1.54, 1.807) is 12.1 Å². The number of anilines is 2. The van der Waals surface area contributed by atoms with Crippen LogP contribution in [-0.4, -0.2) is 62.6 Å². The van der Waals surface area contributed by atoms with Crippen molar-refractivity contribution < 1.29 is 28.7 Å². The van der Waals surface area contributed by atoms with Crippen LogP contribution in [0.1, 0.15) is 13.3 Å². The quantitative estimate of drug-likeness (QED) is 0.434. The first-order chi connectivity index (χ1) is 14.0. The Morgan fingerprint density at radius 1 is 1.45 bits per heavy atom. The number of rotatable bonds is 8. The van der Waals surface area contributed by atoms with E-state index < -0.39 is 18.0 Å². The maximum atomic E-state index is 14.7. The Morgan fingerprint density at radius 3 is 2.93 bits per heavy atom. The van der Waals surface area contributed by atoms with E-state index in [9.17, 15) is 14.0 Å². The predicted octanol–water partition coefficient (Wildman–Crippen LogP) is 0.894. The Labute approximate surface area is 168 Å². The zero-order chi connectivity index (χ0) is 20.8. The molecule has 0 unspecified atom stereocenters. The fraction of sp³-hybridized carbons (Fsp3) is 0.474. The molecule has 10 heteroatoms. The molecule has 2 heterocycles. The Balaban J connectivity index is 1.61. The lowest BCUT2D eigenvalue weighted by atomic mass is 10.1. The molecule has 29 heavy (non-hydrogen) atoms. The van der Waals surface area contributed by atoms with E-state index >= 15 is 0 Å². The minimum absolute atomic E-state index is 0.0670. The summed E-state index contributed by atoms with van der Waals surface area (Å²) in [6.45, 7) is 3.08. The number of carbonyl (C=O) groups excluding carboxylic acids is 2. The van der Waals surface area contributed by atoms with E-state index in [1.807, 2.05) is 11.0 Å². The van der Waals surface area contributed by atoms with Crippen molar-refractivity contribution >= 4 is 23.4 Å². The number of carbonyl (C=O) groups is 2. The number of amides is 2. The fourth-order valence-electron chi connectivity index (χ4n) is 3.19. The van der Waals surface area contributed by atoms with Crippen LogP contribution in [0, 0.1) is 5.82 Å². The van der Waals surface area contributed by atoms with Gasteiger partial charge in [0.2, 0.25) is 5.91 Å². The number of cyclic esters (lactones) is 1. The number of hydrogen-bond acceptors (Lipinski definition) is 7. The molecule has 9 nitrogen and oxygen atoms in total. The van der Waals surface area contributed by atoms with Gasteiger partial charge in [0.25, 0.3) is 0 Å². The van der Waals surface area contributed by atoms with E-state index in [1.165, 1.54) is 17.9 Å². The molecule has 0 aromatic heterocycles. The summed E-state index contributed by atoms with van der Waals surface area (Å²) in [5.41, 5.74) is 4.52. The molecule has 3 rings (SSSR count). The smallest absolute Gasteiger partial charge is 0.414 e. The Morgan fingerprint density at radius 2 is 2.28 bits per heavy atom. The largest absolute Gasteiger partial charge is 0.442 e. The number of ether oxygens (including phenoxy) is 1. The van der Waals surface area contributed by atoms with Gasteiger partial charge in [0.15, 0.2) is 0 Å². The van der Waals surface area contributed by atoms with Gasteiger partial charge >= 0.3 is 6.09 Å². The van der Waals surface area contributed by atoms with Crippen LogP contribution in [0.25, 0.3) is 0 Å². The van der Waals surface area contributed by atoms with Crippen LogP contribution in [0.15, 0.2) is 30.0 Å². The molecule has 0 aliphatic carbocycles. The van der Waals surface area contributed by atoms with Crippen molar-refractivity contribution in [3.8, 4) is 0 Å². The summed E-state index contributed by atoms with van der Waals surface area (Å²) in [5, 5.41) is 11.3. The van der Waals surface area contributed by atoms with Crippen LogP contribution in [0.5, 0.6) is 0 Å². The molecule has 0 spiro atoms. The van der Waals surface area contributed by atoms with E-state index in [0.29, 0.717) is 30.9 Å². The molecule has 2 aliphatic rings. The highest BCUT2D eigenvalue weighted by atomic mass is 19.1. The molecule has 1 atom stereocenters. The van der Waals surface area contributed by atoms with Gasteiger partial charge in [-0.3, -0.25) is 20.0 Å². The van der Waals surface area contributed by atoms with Crippen LogP contribution in [0.2, 0.25) is 0 Å². The summed E-state index contributed by atoms with van der Waals surface area (Å²) in [6.07, 6.45) is 1.52. The Kier molecular flexibility index (Phi) is 6.89. The molecular formula is C19H25FN4O5. The molecule has 1 aromatic rings. The minimum atomic E-state index is -0.563. The number of halogens is 1. The zero-order valence-electron chi connectivity index (χ0n) is 16.2.